The third kappa shape index (κ3) is 7.74. The number of rotatable bonds is 11. The minimum Gasteiger partial charge on any atom is -0.378 e. The molecule has 57 heavy (non-hydrogen) atoms. The lowest BCUT2D eigenvalue weighted by atomic mass is 9.63. The Morgan fingerprint density at radius 3 is 2.18 bits per heavy atom. The second-order valence-electron chi connectivity index (χ2n) is 14.0. The van der Waals surface area contributed by atoms with Gasteiger partial charge in [0, 0.05) is 50.8 Å². The zero-order chi connectivity index (χ0) is 39.4. The number of carbonyl (C=O) groups is 2. The van der Waals surface area contributed by atoms with E-state index in [1.807, 2.05) is 60.7 Å². The fraction of sp³-hybridized carbons (Fsp3) is 0.262. The normalized spacial score (nSPS) is 17.9. The first-order valence-corrected chi connectivity index (χ1v) is 21.3. The number of fused-ring (bicyclic) bond motifs is 1. The summed E-state index contributed by atoms with van der Waals surface area (Å²) in [5, 5.41) is 2.99. The average Bonchev–Trinajstić information content (AvgIpc) is 3.74. The maximum Gasteiger partial charge on any atom is 0.364 e. The Labute approximate surface area is 335 Å². The average molecular weight is 805 g/mol. The van der Waals surface area contributed by atoms with Crippen LogP contribution >= 0.6 is 18.1 Å². The fourth-order valence-corrected chi connectivity index (χ4v) is 9.64. The molecule has 13 nitrogen and oxygen atoms in total. The minimum atomic E-state index is -3.78. The van der Waals surface area contributed by atoms with Crippen molar-refractivity contribution < 1.29 is 23.4 Å². The molecule has 0 bridgehead atoms. The van der Waals surface area contributed by atoms with E-state index in [9.17, 15) is 14.2 Å². The van der Waals surface area contributed by atoms with Crippen molar-refractivity contribution in [3.8, 4) is 11.4 Å². The molecule has 2 saturated heterocycles. The highest BCUT2D eigenvalue weighted by Crippen LogP contribution is 2.57. The zero-order valence-corrected chi connectivity index (χ0v) is 33.0. The highest BCUT2D eigenvalue weighted by atomic mass is 35.7. The van der Waals surface area contributed by atoms with E-state index in [2.05, 4.69) is 50.5 Å². The fourth-order valence-electron chi connectivity index (χ4n) is 7.95. The molecule has 0 aliphatic carbocycles. The van der Waals surface area contributed by atoms with Gasteiger partial charge in [0.2, 0.25) is 5.91 Å². The number of morpholine rings is 1. The van der Waals surface area contributed by atoms with Crippen molar-refractivity contribution >= 4 is 46.9 Å². The van der Waals surface area contributed by atoms with Gasteiger partial charge >= 0.3 is 6.87 Å². The lowest BCUT2D eigenvalue weighted by molar-refractivity contribution is -0.130. The van der Waals surface area contributed by atoms with Crippen LogP contribution in [-0.2, 0) is 24.0 Å². The predicted octanol–water partition coefficient (Wildman–Crippen LogP) is 6.79. The Hall–Kier alpha value is -5.27. The number of nitrogens with one attached hydrogen (secondary N) is 2. The quantitative estimate of drug-likeness (QED) is 0.106. The molecule has 292 valence electrons. The Balaban J connectivity index is 1.25. The molecule has 2 atom stereocenters. The molecule has 0 spiro atoms. The van der Waals surface area contributed by atoms with Crippen molar-refractivity contribution in [3.63, 3.8) is 0 Å². The number of halogens is 1. The van der Waals surface area contributed by atoms with E-state index in [1.165, 1.54) is 13.3 Å². The first-order valence-electron chi connectivity index (χ1n) is 18.8. The maximum atomic E-state index is 14.0. The van der Waals surface area contributed by atoms with Crippen molar-refractivity contribution in [1.29, 1.82) is 0 Å². The van der Waals surface area contributed by atoms with Gasteiger partial charge in [-0.2, -0.15) is 0 Å². The number of H-pyrrole nitrogens is 1. The van der Waals surface area contributed by atoms with E-state index in [0.717, 1.165) is 16.7 Å². The first-order chi connectivity index (χ1) is 27.8. The molecule has 15 heteroatoms. The third-order valence-corrected chi connectivity index (χ3v) is 13.2. The van der Waals surface area contributed by atoms with Gasteiger partial charge in [-0.1, -0.05) is 103 Å². The lowest BCUT2D eigenvalue weighted by Crippen LogP contribution is -2.58. The summed E-state index contributed by atoms with van der Waals surface area (Å²) in [7, 11) is 0. The number of amides is 2. The van der Waals surface area contributed by atoms with E-state index in [-0.39, 0.29) is 18.5 Å². The number of carbonyl (C=O) groups excluding carboxylic acids is 2. The number of aromatic amines is 1. The van der Waals surface area contributed by atoms with Crippen molar-refractivity contribution in [2.45, 2.75) is 18.4 Å². The predicted molar refractivity (Wildman–Crippen MR) is 219 cm³/mol. The van der Waals surface area contributed by atoms with E-state index < -0.39 is 18.3 Å². The van der Waals surface area contributed by atoms with Gasteiger partial charge in [-0.25, -0.2) is 19.6 Å². The number of hydrogen-bond donors (Lipinski definition) is 2. The number of hydrogen-bond acceptors (Lipinski definition) is 9. The summed E-state index contributed by atoms with van der Waals surface area (Å²) in [5.74, 6) is 0.301. The summed E-state index contributed by atoms with van der Waals surface area (Å²) < 4.78 is 28.2. The minimum absolute atomic E-state index is 0.0302. The van der Waals surface area contributed by atoms with Gasteiger partial charge < -0.3 is 19.9 Å². The number of anilines is 1. The van der Waals surface area contributed by atoms with Gasteiger partial charge in [0.15, 0.2) is 17.3 Å². The lowest BCUT2D eigenvalue weighted by Gasteiger charge is -2.50. The molecule has 2 unspecified atom stereocenters. The summed E-state index contributed by atoms with van der Waals surface area (Å²) in [6, 6.07) is 36.9. The van der Waals surface area contributed by atoms with Crippen LogP contribution in [0.2, 0.25) is 0 Å². The summed E-state index contributed by atoms with van der Waals surface area (Å²) in [6.45, 7) is 0.404. The van der Waals surface area contributed by atoms with Crippen molar-refractivity contribution in [2.24, 2.45) is 0 Å². The highest BCUT2D eigenvalue weighted by molar-refractivity contribution is 7.83. The molecule has 2 aromatic heterocycles. The molecule has 2 aliphatic rings. The van der Waals surface area contributed by atoms with E-state index >= 15 is 0 Å². The van der Waals surface area contributed by atoms with Crippen LogP contribution in [-0.4, -0.2) is 105 Å². The molecule has 0 radical (unpaired) electrons. The number of nitrogens with zero attached hydrogens (tertiary/aromatic N) is 6. The van der Waals surface area contributed by atoms with Crippen LogP contribution in [0, 0.1) is 0 Å². The van der Waals surface area contributed by atoms with Crippen molar-refractivity contribution in [2.75, 3.05) is 58.0 Å². The largest absolute Gasteiger partial charge is 0.378 e. The standard InChI is InChI=1S/C42H42ClN8O5P/c1-30(52)49-21-23-51(24-22-49)57(43,54)56-29-50-25-26-55-27-36(50)42(32-15-7-3-8-16-32,33-17-9-4-10-18-33)35-20-12-11-19-34(35)38-46-39-37(44-28-45-39)40(47-38)48-41(53)31-13-5-2-6-14-31/h2-20,28,36H,21-27,29H2,1H3,(H2,44,45,46,47,48,53). The molecule has 2 aliphatic heterocycles. The Morgan fingerprint density at radius 1 is 0.877 bits per heavy atom. The van der Waals surface area contributed by atoms with Crippen LogP contribution in [0.5, 0.6) is 0 Å². The monoisotopic (exact) mass is 804 g/mol. The van der Waals surface area contributed by atoms with E-state index in [4.69, 9.17) is 30.5 Å². The van der Waals surface area contributed by atoms with E-state index in [1.54, 1.807) is 33.8 Å². The van der Waals surface area contributed by atoms with Gasteiger partial charge in [0.25, 0.3) is 5.91 Å². The third-order valence-electron chi connectivity index (χ3n) is 10.8. The van der Waals surface area contributed by atoms with Crippen LogP contribution in [0.4, 0.5) is 5.82 Å². The number of aromatic nitrogens is 4. The van der Waals surface area contributed by atoms with Crippen LogP contribution < -0.4 is 5.32 Å². The number of piperazine rings is 1. The molecule has 2 fully saturated rings. The second kappa shape index (κ2) is 16.7. The molecule has 0 saturated carbocycles. The molecule has 2 N–H and O–H groups in total. The molecule has 6 aromatic rings. The van der Waals surface area contributed by atoms with Crippen LogP contribution in [0.1, 0.15) is 34.0 Å². The number of imidazole rings is 1. The number of benzene rings is 4. The van der Waals surface area contributed by atoms with Crippen LogP contribution in [0.25, 0.3) is 22.6 Å². The Kier molecular flexibility index (Phi) is 11.3. The molecular formula is C42H42ClN8O5P. The van der Waals surface area contributed by atoms with Crippen LogP contribution in [0.15, 0.2) is 122 Å². The Bertz CT molecular complexity index is 2360. The summed E-state index contributed by atoms with van der Waals surface area (Å²) >= 11 is 6.75. The summed E-state index contributed by atoms with van der Waals surface area (Å²) in [6.07, 6.45) is 1.53. The summed E-state index contributed by atoms with van der Waals surface area (Å²) in [4.78, 5) is 46.8. The smallest absolute Gasteiger partial charge is 0.364 e. The zero-order valence-electron chi connectivity index (χ0n) is 31.3. The SMILES string of the molecule is CC(=O)N1CCN(P(=O)(Cl)OCN2CCOCC2C(c2ccccc2)(c2ccccc2)c2ccccc2-c2nc(NC(=O)c3ccccc3)c3[nH]cnc3n2)CC1. The van der Waals surface area contributed by atoms with Crippen molar-refractivity contribution in [3.05, 3.63) is 144 Å². The molecule has 4 heterocycles. The van der Waals surface area contributed by atoms with Crippen LogP contribution in [0.3, 0.4) is 0 Å². The molecular weight excluding hydrogens is 763 g/mol. The molecule has 2 amide bonds. The second-order valence-corrected chi connectivity index (χ2v) is 17.0. The van der Waals surface area contributed by atoms with Gasteiger partial charge in [0.05, 0.1) is 31.0 Å². The highest BCUT2D eigenvalue weighted by Gasteiger charge is 2.49. The van der Waals surface area contributed by atoms with Gasteiger partial charge in [-0.15, -0.1) is 0 Å². The van der Waals surface area contributed by atoms with Crippen molar-refractivity contribution in [1.82, 2.24) is 34.4 Å². The maximum absolute atomic E-state index is 14.0. The van der Waals surface area contributed by atoms with Gasteiger partial charge in [-0.05, 0) is 40.1 Å². The number of ether oxygens (including phenoxy) is 1. The molecule has 4 aromatic carbocycles. The topological polar surface area (TPSA) is 146 Å². The van der Waals surface area contributed by atoms with Gasteiger partial charge in [0.1, 0.15) is 12.2 Å². The van der Waals surface area contributed by atoms with Gasteiger partial charge in [-0.3, -0.25) is 23.6 Å². The summed E-state index contributed by atoms with van der Waals surface area (Å²) in [5.41, 5.74) is 3.93. The molecule has 8 rings (SSSR count). The van der Waals surface area contributed by atoms with E-state index in [0.29, 0.717) is 79.9 Å². The first kappa shape index (κ1) is 38.6. The Morgan fingerprint density at radius 2 is 1.51 bits per heavy atom.